The van der Waals surface area contributed by atoms with E-state index in [-0.39, 0.29) is 17.4 Å². The molecule has 6 heteroatoms. The Morgan fingerprint density at radius 3 is 2.72 bits per heavy atom. The Balaban J connectivity index is 1.61. The summed E-state index contributed by atoms with van der Waals surface area (Å²) >= 11 is 0. The number of aromatic hydroxyl groups is 1. The summed E-state index contributed by atoms with van der Waals surface area (Å²) in [6.45, 7) is 1.55. The van der Waals surface area contributed by atoms with Crippen molar-refractivity contribution < 1.29 is 19.4 Å². The van der Waals surface area contributed by atoms with Crippen LogP contribution in [0.25, 0.3) is 0 Å². The van der Waals surface area contributed by atoms with Crippen LogP contribution in [-0.2, 0) is 6.54 Å². The van der Waals surface area contributed by atoms with Crippen LogP contribution in [0.1, 0.15) is 22.3 Å². The van der Waals surface area contributed by atoms with Crippen molar-refractivity contribution in [1.82, 2.24) is 10.2 Å². The lowest BCUT2D eigenvalue weighted by molar-refractivity contribution is 0.0935. The SMILES string of the molecule is O=C(NC[C@@H]1C[C@@H](O)CN1Cc1ccccc1)c1ccc(O)cc1F. The van der Waals surface area contributed by atoms with Gasteiger partial charge in [0, 0.05) is 31.7 Å². The Morgan fingerprint density at radius 1 is 1.24 bits per heavy atom. The van der Waals surface area contributed by atoms with Crippen molar-refractivity contribution in [3.05, 3.63) is 65.5 Å². The minimum absolute atomic E-state index is 0.0145. The molecule has 132 valence electrons. The smallest absolute Gasteiger partial charge is 0.254 e. The van der Waals surface area contributed by atoms with Crippen molar-refractivity contribution in [3.63, 3.8) is 0 Å². The minimum Gasteiger partial charge on any atom is -0.508 e. The molecular formula is C19H21FN2O3. The lowest BCUT2D eigenvalue weighted by atomic mass is 10.1. The number of benzene rings is 2. The molecule has 2 aromatic carbocycles. The number of amides is 1. The van der Waals surface area contributed by atoms with E-state index in [0.29, 0.717) is 26.1 Å². The fraction of sp³-hybridized carbons (Fsp3) is 0.316. The maximum atomic E-state index is 13.8. The molecule has 2 aromatic rings. The summed E-state index contributed by atoms with van der Waals surface area (Å²) in [5.74, 6) is -1.51. The lowest BCUT2D eigenvalue weighted by Crippen LogP contribution is -2.40. The highest BCUT2D eigenvalue weighted by Crippen LogP contribution is 2.21. The highest BCUT2D eigenvalue weighted by Gasteiger charge is 2.31. The Hall–Kier alpha value is -2.44. The van der Waals surface area contributed by atoms with Crippen LogP contribution in [0.2, 0.25) is 0 Å². The van der Waals surface area contributed by atoms with E-state index in [9.17, 15) is 19.4 Å². The van der Waals surface area contributed by atoms with E-state index in [1.165, 1.54) is 12.1 Å². The summed E-state index contributed by atoms with van der Waals surface area (Å²) in [5.41, 5.74) is 1.03. The zero-order valence-corrected chi connectivity index (χ0v) is 13.7. The van der Waals surface area contributed by atoms with E-state index in [4.69, 9.17) is 0 Å². The average molecular weight is 344 g/mol. The van der Waals surface area contributed by atoms with Gasteiger partial charge in [-0.1, -0.05) is 30.3 Å². The zero-order chi connectivity index (χ0) is 17.8. The second-order valence-electron chi connectivity index (χ2n) is 6.33. The Kier molecular flexibility index (Phi) is 5.31. The molecule has 1 heterocycles. The van der Waals surface area contributed by atoms with Gasteiger partial charge in [-0.2, -0.15) is 0 Å². The fourth-order valence-corrected chi connectivity index (χ4v) is 3.18. The normalized spacial score (nSPS) is 20.6. The Labute approximate surface area is 145 Å². The molecular weight excluding hydrogens is 323 g/mol. The first kappa shape index (κ1) is 17.4. The number of phenolic OH excluding ortho intramolecular Hbond substituents is 1. The lowest BCUT2D eigenvalue weighted by Gasteiger charge is -2.24. The van der Waals surface area contributed by atoms with Crippen LogP contribution in [0.15, 0.2) is 48.5 Å². The van der Waals surface area contributed by atoms with Gasteiger partial charge in [0.1, 0.15) is 11.6 Å². The maximum absolute atomic E-state index is 13.8. The highest BCUT2D eigenvalue weighted by atomic mass is 19.1. The molecule has 5 nitrogen and oxygen atoms in total. The molecule has 0 bridgehead atoms. The van der Waals surface area contributed by atoms with E-state index in [0.717, 1.165) is 11.6 Å². The molecule has 0 saturated carbocycles. The highest BCUT2D eigenvalue weighted by molar-refractivity contribution is 5.94. The van der Waals surface area contributed by atoms with Gasteiger partial charge >= 0.3 is 0 Å². The average Bonchev–Trinajstić information content (AvgIpc) is 2.93. The maximum Gasteiger partial charge on any atom is 0.254 e. The van der Waals surface area contributed by atoms with Crippen molar-refractivity contribution >= 4 is 5.91 Å². The number of hydrogen-bond donors (Lipinski definition) is 3. The number of aliphatic hydroxyl groups is 1. The topological polar surface area (TPSA) is 72.8 Å². The number of aliphatic hydroxyl groups excluding tert-OH is 1. The van der Waals surface area contributed by atoms with Crippen molar-refractivity contribution in [3.8, 4) is 5.75 Å². The monoisotopic (exact) mass is 344 g/mol. The van der Waals surface area contributed by atoms with Crippen molar-refractivity contribution in [2.24, 2.45) is 0 Å². The summed E-state index contributed by atoms with van der Waals surface area (Å²) in [6.07, 6.45) is 0.126. The Morgan fingerprint density at radius 2 is 2.00 bits per heavy atom. The third-order valence-electron chi connectivity index (χ3n) is 4.43. The Bertz CT molecular complexity index is 739. The number of β-amino-alcohol motifs (C(OH)–C–C–N with tert-alkyl or cyclic N) is 1. The molecule has 0 aliphatic carbocycles. The number of nitrogens with zero attached hydrogens (tertiary/aromatic N) is 1. The van der Waals surface area contributed by atoms with Gasteiger partial charge in [0.25, 0.3) is 5.91 Å². The van der Waals surface area contributed by atoms with Crippen molar-refractivity contribution in [1.29, 1.82) is 0 Å². The minimum atomic E-state index is -0.759. The predicted molar refractivity (Wildman–Crippen MR) is 91.7 cm³/mol. The summed E-state index contributed by atoms with van der Waals surface area (Å²) in [5, 5.41) is 21.9. The van der Waals surface area contributed by atoms with E-state index in [2.05, 4.69) is 10.2 Å². The molecule has 0 unspecified atom stereocenters. The number of halogens is 1. The molecule has 3 rings (SSSR count). The number of rotatable bonds is 5. The number of hydrogen-bond acceptors (Lipinski definition) is 4. The van der Waals surface area contributed by atoms with E-state index >= 15 is 0 Å². The van der Waals surface area contributed by atoms with E-state index in [1.54, 1.807) is 0 Å². The predicted octanol–water partition coefficient (Wildman–Crippen LogP) is 1.90. The van der Waals surface area contributed by atoms with Crippen LogP contribution >= 0.6 is 0 Å². The van der Waals surface area contributed by atoms with Crippen LogP contribution in [-0.4, -0.2) is 46.3 Å². The van der Waals surface area contributed by atoms with Crippen LogP contribution in [0.4, 0.5) is 4.39 Å². The number of carbonyl (C=O) groups excluding carboxylic acids is 1. The zero-order valence-electron chi connectivity index (χ0n) is 13.7. The molecule has 1 fully saturated rings. The van der Waals surface area contributed by atoms with E-state index in [1.807, 2.05) is 30.3 Å². The molecule has 0 aromatic heterocycles. The van der Waals surface area contributed by atoms with Gasteiger partial charge in [-0.05, 0) is 24.1 Å². The van der Waals surface area contributed by atoms with E-state index < -0.39 is 17.8 Å². The van der Waals surface area contributed by atoms with Gasteiger partial charge in [-0.15, -0.1) is 0 Å². The quantitative estimate of drug-likeness (QED) is 0.775. The third kappa shape index (κ3) is 4.35. The van der Waals surface area contributed by atoms with Crippen LogP contribution in [0.5, 0.6) is 5.75 Å². The van der Waals surface area contributed by atoms with Gasteiger partial charge in [0.2, 0.25) is 0 Å². The number of nitrogens with one attached hydrogen (secondary N) is 1. The molecule has 25 heavy (non-hydrogen) atoms. The molecule has 1 aliphatic heterocycles. The molecule has 0 spiro atoms. The van der Waals surface area contributed by atoms with Crippen LogP contribution in [0.3, 0.4) is 0 Å². The summed E-state index contributed by atoms with van der Waals surface area (Å²) < 4.78 is 13.8. The van der Waals surface area contributed by atoms with Gasteiger partial charge in [-0.3, -0.25) is 9.69 Å². The van der Waals surface area contributed by atoms with Crippen molar-refractivity contribution in [2.45, 2.75) is 25.1 Å². The molecule has 3 N–H and O–H groups in total. The molecule has 1 amide bonds. The molecule has 2 atom stereocenters. The second kappa shape index (κ2) is 7.63. The third-order valence-corrected chi connectivity index (χ3v) is 4.43. The summed E-state index contributed by atoms with van der Waals surface area (Å²) in [4.78, 5) is 14.3. The first-order valence-electron chi connectivity index (χ1n) is 8.25. The number of carbonyl (C=O) groups is 1. The summed E-state index contributed by atoms with van der Waals surface area (Å²) in [6, 6.07) is 13.3. The second-order valence-corrected chi connectivity index (χ2v) is 6.33. The largest absolute Gasteiger partial charge is 0.508 e. The number of phenols is 1. The first-order valence-corrected chi connectivity index (χ1v) is 8.25. The van der Waals surface area contributed by atoms with Crippen molar-refractivity contribution in [2.75, 3.05) is 13.1 Å². The fourth-order valence-electron chi connectivity index (χ4n) is 3.18. The number of likely N-dealkylation sites (tertiary alicyclic amines) is 1. The standard InChI is InChI=1S/C19H21FN2O3/c20-18-9-15(23)6-7-17(18)19(25)21-10-14-8-16(24)12-22(14)11-13-4-2-1-3-5-13/h1-7,9,14,16,23-24H,8,10-12H2,(H,21,25)/t14-,16+/m0/s1. The van der Waals surface area contributed by atoms with Gasteiger partial charge in [0.05, 0.1) is 11.7 Å². The molecule has 0 radical (unpaired) electrons. The molecule has 1 saturated heterocycles. The van der Waals surface area contributed by atoms with Crippen LogP contribution in [0, 0.1) is 5.82 Å². The molecule has 1 aliphatic rings. The van der Waals surface area contributed by atoms with Gasteiger partial charge in [-0.25, -0.2) is 4.39 Å². The summed E-state index contributed by atoms with van der Waals surface area (Å²) in [7, 11) is 0. The van der Waals surface area contributed by atoms with Gasteiger partial charge in [0.15, 0.2) is 0 Å². The van der Waals surface area contributed by atoms with Crippen LogP contribution < -0.4 is 5.32 Å². The first-order chi connectivity index (χ1) is 12.0. The van der Waals surface area contributed by atoms with Gasteiger partial charge < -0.3 is 15.5 Å².